The Morgan fingerprint density at radius 3 is 2.11 bits per heavy atom. The summed E-state index contributed by atoms with van der Waals surface area (Å²) in [5, 5.41) is 12.5. The number of rotatable bonds is 9. The molecule has 2 aromatic carbocycles. The summed E-state index contributed by atoms with van der Waals surface area (Å²) < 4.78 is 0. The first kappa shape index (κ1) is 21.4. The van der Waals surface area contributed by atoms with Crippen LogP contribution < -0.4 is 0 Å². The van der Waals surface area contributed by atoms with Gasteiger partial charge in [0.15, 0.2) is 0 Å². The molecular formula is C25H35NOS. The van der Waals surface area contributed by atoms with Crippen molar-refractivity contribution in [2.75, 3.05) is 19.6 Å². The minimum atomic E-state index is -0.947. The number of benzene rings is 2. The van der Waals surface area contributed by atoms with Crippen LogP contribution in [0, 0.1) is 0 Å². The van der Waals surface area contributed by atoms with Gasteiger partial charge in [-0.3, -0.25) is 0 Å². The summed E-state index contributed by atoms with van der Waals surface area (Å²) in [5.41, 5.74) is 1.03. The molecule has 0 aromatic heterocycles. The molecule has 0 amide bonds. The number of aliphatic hydroxyl groups is 1. The Balaban J connectivity index is 1.79. The van der Waals surface area contributed by atoms with Crippen LogP contribution in [0.1, 0.15) is 63.5 Å². The van der Waals surface area contributed by atoms with E-state index in [1.165, 1.54) is 37.0 Å². The molecule has 3 rings (SSSR count). The number of hydrogen-bond acceptors (Lipinski definition) is 3. The highest BCUT2D eigenvalue weighted by atomic mass is 32.2. The molecule has 0 saturated heterocycles. The molecular weight excluding hydrogens is 362 g/mol. The van der Waals surface area contributed by atoms with Crippen molar-refractivity contribution in [2.24, 2.45) is 0 Å². The van der Waals surface area contributed by atoms with Crippen molar-refractivity contribution in [1.29, 1.82) is 0 Å². The first-order valence-corrected chi connectivity index (χ1v) is 11.8. The normalized spacial score (nSPS) is 17.6. The highest BCUT2D eigenvalue weighted by Gasteiger charge is 2.31. The van der Waals surface area contributed by atoms with Crippen LogP contribution in [0.15, 0.2) is 59.5 Å². The molecule has 0 bridgehead atoms. The molecule has 0 spiro atoms. The number of nitrogens with zero attached hydrogens (tertiary/aromatic N) is 1. The fourth-order valence-corrected chi connectivity index (χ4v) is 5.46. The summed E-state index contributed by atoms with van der Waals surface area (Å²) in [6.07, 6.45) is 7.51. The van der Waals surface area contributed by atoms with Gasteiger partial charge in [-0.2, -0.15) is 0 Å². The standard InChI is InChI=1S/C25H35NOS/c1-3-26(4-2)20-19-25(27,21-11-7-5-8-12-21)22-15-17-24(18-16-22)28-23-13-9-6-10-14-23/h5,7-8,11-12,15-18,23,27H,3-4,6,9-10,13-14,19-20H2,1-2H3. The first-order chi connectivity index (χ1) is 13.7. The third kappa shape index (κ3) is 5.40. The van der Waals surface area contributed by atoms with Gasteiger partial charge in [0.2, 0.25) is 0 Å². The SMILES string of the molecule is CCN(CC)CCC(O)(c1ccccc1)c1ccc(SC2CCCCC2)cc1. The van der Waals surface area contributed by atoms with E-state index in [0.717, 1.165) is 36.0 Å². The van der Waals surface area contributed by atoms with E-state index in [4.69, 9.17) is 0 Å². The van der Waals surface area contributed by atoms with Crippen LogP contribution in [-0.2, 0) is 5.60 Å². The largest absolute Gasteiger partial charge is 0.380 e. The molecule has 1 unspecified atom stereocenters. The second-order valence-electron chi connectivity index (χ2n) is 7.91. The van der Waals surface area contributed by atoms with Gasteiger partial charge in [0.1, 0.15) is 5.60 Å². The van der Waals surface area contributed by atoms with E-state index in [9.17, 15) is 5.11 Å². The summed E-state index contributed by atoms with van der Waals surface area (Å²) in [5.74, 6) is 0. The zero-order valence-corrected chi connectivity index (χ0v) is 18.3. The van der Waals surface area contributed by atoms with Crippen LogP contribution in [0.5, 0.6) is 0 Å². The van der Waals surface area contributed by atoms with Crippen LogP contribution in [0.2, 0.25) is 0 Å². The molecule has 1 aliphatic carbocycles. The van der Waals surface area contributed by atoms with E-state index in [0.29, 0.717) is 6.42 Å². The highest BCUT2D eigenvalue weighted by molar-refractivity contribution is 8.00. The van der Waals surface area contributed by atoms with Crippen molar-refractivity contribution >= 4 is 11.8 Å². The predicted molar refractivity (Wildman–Crippen MR) is 121 cm³/mol. The number of thioether (sulfide) groups is 1. The van der Waals surface area contributed by atoms with Gasteiger partial charge in [0.05, 0.1) is 0 Å². The minimum absolute atomic E-state index is 0.702. The van der Waals surface area contributed by atoms with Crippen LogP contribution in [-0.4, -0.2) is 34.9 Å². The van der Waals surface area contributed by atoms with Crippen molar-refractivity contribution in [1.82, 2.24) is 4.90 Å². The third-order valence-electron chi connectivity index (χ3n) is 6.12. The van der Waals surface area contributed by atoms with Gasteiger partial charge in [-0.15, -0.1) is 11.8 Å². The molecule has 1 aliphatic rings. The first-order valence-electron chi connectivity index (χ1n) is 10.9. The van der Waals surface area contributed by atoms with E-state index < -0.39 is 5.60 Å². The molecule has 0 radical (unpaired) electrons. The van der Waals surface area contributed by atoms with E-state index in [2.05, 4.69) is 43.0 Å². The van der Waals surface area contributed by atoms with E-state index >= 15 is 0 Å². The Morgan fingerprint density at radius 1 is 0.893 bits per heavy atom. The molecule has 3 heteroatoms. The van der Waals surface area contributed by atoms with Gasteiger partial charge < -0.3 is 10.0 Å². The molecule has 2 aromatic rings. The lowest BCUT2D eigenvalue weighted by molar-refractivity contribution is 0.0586. The molecule has 1 fully saturated rings. The molecule has 152 valence electrons. The fourth-order valence-electron chi connectivity index (χ4n) is 4.21. The van der Waals surface area contributed by atoms with Crippen LogP contribution in [0.3, 0.4) is 0 Å². The summed E-state index contributed by atoms with van der Waals surface area (Å²) in [4.78, 5) is 3.70. The second kappa shape index (κ2) is 10.5. The summed E-state index contributed by atoms with van der Waals surface area (Å²) >= 11 is 2.02. The van der Waals surface area contributed by atoms with Crippen LogP contribution >= 0.6 is 11.8 Å². The van der Waals surface area contributed by atoms with Crippen molar-refractivity contribution < 1.29 is 5.11 Å². The zero-order chi connectivity index (χ0) is 19.8. The highest BCUT2D eigenvalue weighted by Crippen LogP contribution is 2.37. The second-order valence-corrected chi connectivity index (χ2v) is 9.28. The molecule has 0 heterocycles. The maximum atomic E-state index is 11.8. The van der Waals surface area contributed by atoms with Gasteiger partial charge in [-0.1, -0.05) is 75.6 Å². The Morgan fingerprint density at radius 2 is 1.50 bits per heavy atom. The molecule has 28 heavy (non-hydrogen) atoms. The topological polar surface area (TPSA) is 23.5 Å². The fraction of sp³-hybridized carbons (Fsp3) is 0.520. The van der Waals surface area contributed by atoms with Crippen molar-refractivity contribution in [3.63, 3.8) is 0 Å². The Hall–Kier alpha value is -1.29. The van der Waals surface area contributed by atoms with Gasteiger partial charge in [0.25, 0.3) is 0 Å². The van der Waals surface area contributed by atoms with Gasteiger partial charge in [-0.05, 0) is 55.6 Å². The summed E-state index contributed by atoms with van der Waals surface area (Å²) in [6.45, 7) is 7.28. The monoisotopic (exact) mass is 397 g/mol. The average molecular weight is 398 g/mol. The van der Waals surface area contributed by atoms with Crippen LogP contribution in [0.4, 0.5) is 0 Å². The lowest BCUT2D eigenvalue weighted by atomic mass is 9.83. The smallest absolute Gasteiger partial charge is 0.116 e. The van der Waals surface area contributed by atoms with Gasteiger partial charge >= 0.3 is 0 Å². The summed E-state index contributed by atoms with van der Waals surface area (Å²) in [7, 11) is 0. The van der Waals surface area contributed by atoms with E-state index in [1.807, 2.05) is 42.1 Å². The average Bonchev–Trinajstić information content (AvgIpc) is 2.76. The van der Waals surface area contributed by atoms with E-state index in [1.54, 1.807) is 0 Å². The molecule has 2 nitrogen and oxygen atoms in total. The molecule has 1 atom stereocenters. The van der Waals surface area contributed by atoms with Crippen molar-refractivity contribution in [3.8, 4) is 0 Å². The predicted octanol–water partition coefficient (Wildman–Crippen LogP) is 6.08. The van der Waals surface area contributed by atoms with E-state index in [-0.39, 0.29) is 0 Å². The quantitative estimate of drug-likeness (QED) is 0.555. The van der Waals surface area contributed by atoms with Crippen LogP contribution in [0.25, 0.3) is 0 Å². The Labute approximate surface area is 175 Å². The molecule has 1 saturated carbocycles. The Kier molecular flexibility index (Phi) is 8.01. The van der Waals surface area contributed by atoms with Crippen molar-refractivity contribution in [2.45, 2.75) is 68.1 Å². The molecule has 1 N–H and O–H groups in total. The third-order valence-corrected chi connectivity index (χ3v) is 7.47. The van der Waals surface area contributed by atoms with Crippen molar-refractivity contribution in [3.05, 3.63) is 65.7 Å². The molecule has 0 aliphatic heterocycles. The lowest BCUT2D eigenvalue weighted by Gasteiger charge is -2.32. The van der Waals surface area contributed by atoms with Gasteiger partial charge in [0, 0.05) is 16.7 Å². The minimum Gasteiger partial charge on any atom is -0.380 e. The lowest BCUT2D eigenvalue weighted by Crippen LogP contribution is -2.34. The summed E-state index contributed by atoms with van der Waals surface area (Å²) in [6, 6.07) is 18.8. The maximum absolute atomic E-state index is 11.8. The van der Waals surface area contributed by atoms with Gasteiger partial charge in [-0.25, -0.2) is 0 Å². The zero-order valence-electron chi connectivity index (χ0n) is 17.4. The number of hydrogen-bond donors (Lipinski definition) is 1. The Bertz CT molecular complexity index is 692. The maximum Gasteiger partial charge on any atom is 0.116 e.